The molecule has 0 aromatic rings. The van der Waals surface area contributed by atoms with Gasteiger partial charge in [-0.25, -0.2) is 0 Å². The first-order valence-corrected chi connectivity index (χ1v) is 8.66. The maximum atomic E-state index is 3.56. The summed E-state index contributed by atoms with van der Waals surface area (Å²) >= 11 is 0. The van der Waals surface area contributed by atoms with E-state index in [1.807, 2.05) is 0 Å². The van der Waals surface area contributed by atoms with Crippen LogP contribution in [0.15, 0.2) is 0 Å². The molecular formula is C17H30N2. The molecule has 0 radical (unpaired) electrons. The first kappa shape index (κ1) is 12.6. The molecule has 5 rings (SSSR count). The molecule has 0 unspecified atom stereocenters. The van der Waals surface area contributed by atoms with Gasteiger partial charge in [0.25, 0.3) is 0 Å². The maximum Gasteiger partial charge on any atom is 0.0167 e. The van der Waals surface area contributed by atoms with Crippen LogP contribution >= 0.6 is 0 Å². The van der Waals surface area contributed by atoms with Gasteiger partial charge in [-0.2, -0.15) is 0 Å². The Morgan fingerprint density at radius 2 is 1.68 bits per heavy atom. The van der Waals surface area contributed by atoms with Crippen LogP contribution in [0.3, 0.4) is 0 Å². The van der Waals surface area contributed by atoms with E-state index >= 15 is 0 Å². The van der Waals surface area contributed by atoms with Crippen molar-refractivity contribution in [2.75, 3.05) is 26.2 Å². The van der Waals surface area contributed by atoms with Crippen molar-refractivity contribution >= 4 is 0 Å². The Labute approximate surface area is 118 Å². The van der Waals surface area contributed by atoms with Crippen LogP contribution < -0.4 is 5.32 Å². The van der Waals surface area contributed by atoms with Gasteiger partial charge in [0.15, 0.2) is 0 Å². The second kappa shape index (κ2) is 4.73. The van der Waals surface area contributed by atoms with Crippen molar-refractivity contribution in [1.82, 2.24) is 10.2 Å². The quantitative estimate of drug-likeness (QED) is 0.841. The van der Waals surface area contributed by atoms with Crippen LogP contribution in [0.2, 0.25) is 0 Å². The predicted octanol–water partition coefficient (Wildman–Crippen LogP) is 2.89. The highest BCUT2D eigenvalue weighted by molar-refractivity contribution is 5.01. The fourth-order valence-electron chi connectivity index (χ4n) is 6.21. The zero-order valence-corrected chi connectivity index (χ0v) is 12.5. The number of nitrogens with zero attached hydrogens (tertiary/aromatic N) is 1. The molecule has 5 aliphatic rings. The molecule has 4 saturated carbocycles. The van der Waals surface area contributed by atoms with Gasteiger partial charge in [0, 0.05) is 25.7 Å². The summed E-state index contributed by atoms with van der Waals surface area (Å²) < 4.78 is 0. The molecule has 1 atom stereocenters. The molecule has 0 spiro atoms. The van der Waals surface area contributed by atoms with Gasteiger partial charge in [-0.05, 0) is 81.6 Å². The average molecular weight is 262 g/mol. The van der Waals surface area contributed by atoms with Crippen molar-refractivity contribution in [3.05, 3.63) is 0 Å². The Balaban J connectivity index is 1.37. The van der Waals surface area contributed by atoms with E-state index in [2.05, 4.69) is 17.1 Å². The minimum atomic E-state index is 0.699. The fourth-order valence-corrected chi connectivity index (χ4v) is 6.21. The topological polar surface area (TPSA) is 15.3 Å². The first-order chi connectivity index (χ1) is 9.21. The minimum Gasteiger partial charge on any atom is -0.312 e. The fraction of sp³-hybridized carbons (Fsp3) is 1.00. The third-order valence-corrected chi connectivity index (χ3v) is 6.58. The van der Waals surface area contributed by atoms with Crippen LogP contribution in [0.1, 0.15) is 51.9 Å². The Kier molecular flexibility index (Phi) is 3.15. The lowest BCUT2D eigenvalue weighted by molar-refractivity contribution is -0.0616. The van der Waals surface area contributed by atoms with Crippen molar-refractivity contribution in [3.63, 3.8) is 0 Å². The van der Waals surface area contributed by atoms with Crippen molar-refractivity contribution in [3.8, 4) is 0 Å². The summed E-state index contributed by atoms with van der Waals surface area (Å²) in [4.78, 5) is 2.72. The molecule has 19 heavy (non-hydrogen) atoms. The summed E-state index contributed by atoms with van der Waals surface area (Å²) in [6, 6.07) is 0.699. The molecule has 0 amide bonds. The minimum absolute atomic E-state index is 0.699. The number of hydrogen-bond donors (Lipinski definition) is 1. The highest BCUT2D eigenvalue weighted by atomic mass is 15.2. The number of piperazine rings is 1. The molecule has 0 aromatic carbocycles. The van der Waals surface area contributed by atoms with E-state index in [1.54, 1.807) is 38.5 Å². The van der Waals surface area contributed by atoms with Crippen molar-refractivity contribution < 1.29 is 0 Å². The lowest BCUT2D eigenvalue weighted by atomic mass is 9.49. The van der Waals surface area contributed by atoms with E-state index in [0.717, 1.165) is 23.2 Å². The lowest BCUT2D eigenvalue weighted by Gasteiger charge is -2.57. The van der Waals surface area contributed by atoms with E-state index in [4.69, 9.17) is 0 Å². The first-order valence-electron chi connectivity index (χ1n) is 8.66. The zero-order chi connectivity index (χ0) is 12.9. The van der Waals surface area contributed by atoms with Crippen LogP contribution in [0.5, 0.6) is 0 Å². The molecule has 1 saturated heterocycles. The van der Waals surface area contributed by atoms with E-state index in [-0.39, 0.29) is 0 Å². The second-order valence-electron chi connectivity index (χ2n) is 8.32. The Hall–Kier alpha value is -0.0800. The normalized spacial score (nSPS) is 49.7. The van der Waals surface area contributed by atoms with Gasteiger partial charge >= 0.3 is 0 Å². The Morgan fingerprint density at radius 1 is 1.05 bits per heavy atom. The van der Waals surface area contributed by atoms with E-state index < -0.39 is 0 Å². The van der Waals surface area contributed by atoms with Crippen LogP contribution in [-0.4, -0.2) is 37.1 Å². The molecule has 2 nitrogen and oxygen atoms in total. The van der Waals surface area contributed by atoms with Crippen LogP contribution in [0, 0.1) is 23.2 Å². The zero-order valence-electron chi connectivity index (χ0n) is 12.5. The van der Waals surface area contributed by atoms with Gasteiger partial charge in [-0.3, -0.25) is 0 Å². The predicted molar refractivity (Wildman–Crippen MR) is 79.1 cm³/mol. The SMILES string of the molecule is C[C@@H]1CN(CCC23CC4CC(CC(C4)C2)C3)CCN1. The highest BCUT2D eigenvalue weighted by Gasteiger charge is 2.50. The summed E-state index contributed by atoms with van der Waals surface area (Å²) in [6.07, 6.45) is 11.0. The van der Waals surface area contributed by atoms with Crippen LogP contribution in [-0.2, 0) is 0 Å². The smallest absolute Gasteiger partial charge is 0.0167 e. The van der Waals surface area contributed by atoms with Crippen molar-refractivity contribution in [1.29, 1.82) is 0 Å². The summed E-state index contributed by atoms with van der Waals surface area (Å²) in [5.74, 6) is 3.36. The summed E-state index contributed by atoms with van der Waals surface area (Å²) in [6.45, 7) is 7.44. The summed E-state index contributed by atoms with van der Waals surface area (Å²) in [5, 5.41) is 3.56. The van der Waals surface area contributed by atoms with Crippen molar-refractivity contribution in [2.45, 2.75) is 57.9 Å². The third-order valence-electron chi connectivity index (χ3n) is 6.58. The van der Waals surface area contributed by atoms with E-state index in [1.165, 1.54) is 32.6 Å². The van der Waals surface area contributed by atoms with Gasteiger partial charge in [-0.1, -0.05) is 0 Å². The standard InChI is InChI=1S/C17H30N2/c1-13-12-19(5-3-18-13)4-2-17-9-14-6-15(10-17)8-16(7-14)11-17/h13-16,18H,2-12H2,1H3/t13-,14?,15?,16?,17?/m1/s1. The molecular weight excluding hydrogens is 232 g/mol. The molecule has 1 N–H and O–H groups in total. The van der Waals surface area contributed by atoms with Crippen molar-refractivity contribution in [2.24, 2.45) is 23.2 Å². The van der Waals surface area contributed by atoms with Gasteiger partial charge in [0.05, 0.1) is 0 Å². The largest absolute Gasteiger partial charge is 0.312 e. The van der Waals surface area contributed by atoms with Crippen LogP contribution in [0.4, 0.5) is 0 Å². The Morgan fingerprint density at radius 3 is 2.26 bits per heavy atom. The lowest BCUT2D eigenvalue weighted by Crippen LogP contribution is -2.51. The van der Waals surface area contributed by atoms with Gasteiger partial charge in [0.2, 0.25) is 0 Å². The third kappa shape index (κ3) is 2.47. The molecule has 5 fully saturated rings. The molecule has 1 aliphatic heterocycles. The molecule has 1 heterocycles. The molecule has 2 heteroatoms. The Bertz CT molecular complexity index is 303. The van der Waals surface area contributed by atoms with Gasteiger partial charge in [0.1, 0.15) is 0 Å². The second-order valence-corrected chi connectivity index (χ2v) is 8.32. The van der Waals surface area contributed by atoms with Gasteiger partial charge in [-0.15, -0.1) is 0 Å². The van der Waals surface area contributed by atoms with Gasteiger partial charge < -0.3 is 10.2 Å². The number of hydrogen-bond acceptors (Lipinski definition) is 2. The van der Waals surface area contributed by atoms with E-state index in [9.17, 15) is 0 Å². The average Bonchev–Trinajstić information content (AvgIpc) is 2.35. The molecule has 4 aliphatic carbocycles. The number of rotatable bonds is 3. The molecule has 108 valence electrons. The monoisotopic (exact) mass is 262 g/mol. The summed E-state index contributed by atoms with van der Waals surface area (Å²) in [7, 11) is 0. The molecule has 0 aromatic heterocycles. The highest BCUT2D eigenvalue weighted by Crippen LogP contribution is 2.61. The van der Waals surface area contributed by atoms with Crippen LogP contribution in [0.25, 0.3) is 0 Å². The van der Waals surface area contributed by atoms with E-state index in [0.29, 0.717) is 6.04 Å². The maximum absolute atomic E-state index is 3.56. The number of nitrogens with one attached hydrogen (secondary N) is 1. The summed E-state index contributed by atoms with van der Waals surface area (Å²) in [5.41, 5.74) is 0.781. The molecule has 4 bridgehead atoms.